The molecule has 1 fully saturated rings. The molecule has 0 amide bonds. The van der Waals surface area contributed by atoms with E-state index >= 15 is 0 Å². The van der Waals surface area contributed by atoms with E-state index in [2.05, 4.69) is 58.9 Å². The van der Waals surface area contributed by atoms with Gasteiger partial charge < -0.3 is 19.5 Å². The average Bonchev–Trinajstić information content (AvgIpc) is 3.25. The minimum Gasteiger partial charge on any atom is -0.508 e. The molecule has 1 aromatic heterocycles. The number of hydrogen-bond donors (Lipinski definition) is 2. The molecular weight excluding hydrogens is 496 g/mol. The van der Waals surface area contributed by atoms with Crippen molar-refractivity contribution in [1.29, 1.82) is 0 Å². The fourth-order valence-corrected chi connectivity index (χ4v) is 5.86. The van der Waals surface area contributed by atoms with Crippen LogP contribution in [-0.4, -0.2) is 45.9 Å². The minimum absolute atomic E-state index is 0.259. The molecule has 0 spiro atoms. The number of hydrogen-bond acceptors (Lipinski definition) is 4. The number of likely N-dealkylation sites (tertiary alicyclic amines) is 1. The zero-order valence-corrected chi connectivity index (χ0v) is 23.0. The maximum Gasteiger partial charge on any atom is 0.119 e. The van der Waals surface area contributed by atoms with E-state index in [1.165, 1.54) is 48.9 Å². The summed E-state index contributed by atoms with van der Waals surface area (Å²) in [6.45, 7) is 6.96. The van der Waals surface area contributed by atoms with Crippen molar-refractivity contribution in [1.82, 2.24) is 9.47 Å². The molecule has 0 bridgehead atoms. The van der Waals surface area contributed by atoms with E-state index in [0.29, 0.717) is 6.54 Å². The number of phenolic OH excluding ortho intramolecular Hbond substituents is 2. The lowest BCUT2D eigenvalue weighted by Crippen LogP contribution is -2.33. The predicted molar refractivity (Wildman–Crippen MR) is 162 cm³/mol. The Kier molecular flexibility index (Phi) is 7.47. The normalized spacial score (nSPS) is 14.0. The topological polar surface area (TPSA) is 57.9 Å². The summed E-state index contributed by atoms with van der Waals surface area (Å²) in [4.78, 5) is 2.50. The van der Waals surface area contributed by atoms with Crippen LogP contribution in [0.25, 0.3) is 33.3 Å². The molecule has 6 rings (SSSR count). The third-order valence-electron chi connectivity index (χ3n) is 8.05. The van der Waals surface area contributed by atoms with Gasteiger partial charge in [0.05, 0.1) is 5.69 Å². The zero-order valence-electron chi connectivity index (χ0n) is 23.0. The average molecular weight is 533 g/mol. The van der Waals surface area contributed by atoms with E-state index in [9.17, 15) is 10.2 Å². The first-order chi connectivity index (χ1) is 19.5. The van der Waals surface area contributed by atoms with Gasteiger partial charge in [-0.1, -0.05) is 36.8 Å². The van der Waals surface area contributed by atoms with E-state index in [1.54, 1.807) is 24.3 Å². The lowest BCUT2D eigenvalue weighted by molar-refractivity contribution is 0.183. The SMILES string of the molecule is Cc1c(-c2ccc(O)cc2)n(Cc2ccc(OCCN3CCCCC3)cc2)c2ccc(-c3ccc(O)cc3)cc12. The fourth-order valence-electron chi connectivity index (χ4n) is 5.86. The lowest BCUT2D eigenvalue weighted by Gasteiger charge is -2.26. The van der Waals surface area contributed by atoms with Crippen LogP contribution < -0.4 is 4.74 Å². The molecule has 1 saturated heterocycles. The van der Waals surface area contributed by atoms with Gasteiger partial charge in [-0.3, -0.25) is 4.90 Å². The Labute approximate surface area is 235 Å². The standard InChI is InChI=1S/C35H36N2O3/c1-25-33-23-29(27-7-12-30(38)13-8-27)11-18-34(33)37(35(25)28-9-14-31(39)15-10-28)24-26-5-16-32(17-6-26)40-22-21-36-19-3-2-4-20-36/h5-18,23,38-39H,2-4,19-22,24H2,1H3. The van der Waals surface area contributed by atoms with Gasteiger partial charge in [0.25, 0.3) is 0 Å². The number of rotatable bonds is 8. The predicted octanol–water partition coefficient (Wildman–Crippen LogP) is 7.61. The Balaban J connectivity index is 1.29. The first kappa shape index (κ1) is 26.0. The maximum atomic E-state index is 9.92. The molecule has 0 atom stereocenters. The number of aromatic hydroxyl groups is 2. The van der Waals surface area contributed by atoms with Crippen LogP contribution in [0, 0.1) is 6.92 Å². The van der Waals surface area contributed by atoms with Gasteiger partial charge in [0.1, 0.15) is 23.9 Å². The van der Waals surface area contributed by atoms with E-state index in [-0.39, 0.29) is 11.5 Å². The number of phenols is 2. The zero-order chi connectivity index (χ0) is 27.5. The maximum absolute atomic E-state index is 9.92. The number of aromatic nitrogens is 1. The largest absolute Gasteiger partial charge is 0.508 e. The number of ether oxygens (including phenoxy) is 1. The van der Waals surface area contributed by atoms with Gasteiger partial charge in [0, 0.05) is 24.0 Å². The third kappa shape index (κ3) is 5.56. The van der Waals surface area contributed by atoms with E-state index < -0.39 is 0 Å². The van der Waals surface area contributed by atoms with E-state index in [0.717, 1.165) is 46.8 Å². The monoisotopic (exact) mass is 532 g/mol. The van der Waals surface area contributed by atoms with Crippen molar-refractivity contribution >= 4 is 10.9 Å². The molecule has 0 aliphatic carbocycles. The van der Waals surface area contributed by atoms with Crippen molar-refractivity contribution in [2.45, 2.75) is 32.7 Å². The highest BCUT2D eigenvalue weighted by Crippen LogP contribution is 2.37. The van der Waals surface area contributed by atoms with Gasteiger partial charge in [-0.05, 0) is 121 Å². The second-order valence-corrected chi connectivity index (χ2v) is 10.8. The Hall–Kier alpha value is -4.22. The van der Waals surface area contributed by atoms with Crippen molar-refractivity contribution < 1.29 is 14.9 Å². The van der Waals surface area contributed by atoms with Crippen molar-refractivity contribution in [3.05, 3.63) is 102 Å². The van der Waals surface area contributed by atoms with Crippen molar-refractivity contribution in [2.75, 3.05) is 26.2 Å². The smallest absolute Gasteiger partial charge is 0.119 e. The molecule has 1 aliphatic rings. The summed E-state index contributed by atoms with van der Waals surface area (Å²) in [5.74, 6) is 1.43. The van der Waals surface area contributed by atoms with Gasteiger partial charge in [0.15, 0.2) is 0 Å². The summed E-state index contributed by atoms with van der Waals surface area (Å²) in [7, 11) is 0. The highest BCUT2D eigenvalue weighted by molar-refractivity contribution is 5.94. The number of aryl methyl sites for hydroxylation is 1. The second kappa shape index (κ2) is 11.5. The highest BCUT2D eigenvalue weighted by Gasteiger charge is 2.17. The van der Waals surface area contributed by atoms with Crippen LogP contribution in [0.2, 0.25) is 0 Å². The molecular formula is C35H36N2O3. The van der Waals surface area contributed by atoms with Crippen LogP contribution in [0.3, 0.4) is 0 Å². The van der Waals surface area contributed by atoms with E-state index in [1.807, 2.05) is 24.3 Å². The summed E-state index contributed by atoms with van der Waals surface area (Å²) < 4.78 is 8.43. The Morgan fingerprint density at radius 2 is 1.32 bits per heavy atom. The minimum atomic E-state index is 0.259. The number of piperidine rings is 1. The molecule has 204 valence electrons. The van der Waals surface area contributed by atoms with Crippen molar-refractivity contribution in [3.63, 3.8) is 0 Å². The summed E-state index contributed by atoms with van der Waals surface area (Å²) in [6, 6.07) is 29.8. The molecule has 0 saturated carbocycles. The van der Waals surface area contributed by atoms with Crippen LogP contribution in [0.1, 0.15) is 30.4 Å². The molecule has 2 heterocycles. The van der Waals surface area contributed by atoms with Crippen LogP contribution in [0.4, 0.5) is 0 Å². The Morgan fingerprint density at radius 3 is 2.00 bits per heavy atom. The molecule has 2 N–H and O–H groups in total. The second-order valence-electron chi connectivity index (χ2n) is 10.8. The summed E-state index contributed by atoms with van der Waals surface area (Å²) in [5, 5.41) is 20.8. The van der Waals surface area contributed by atoms with Crippen molar-refractivity contribution in [2.24, 2.45) is 0 Å². The fraction of sp³-hybridized carbons (Fsp3) is 0.257. The van der Waals surface area contributed by atoms with Gasteiger partial charge in [-0.25, -0.2) is 0 Å². The van der Waals surface area contributed by atoms with Gasteiger partial charge >= 0.3 is 0 Å². The van der Waals surface area contributed by atoms with Crippen LogP contribution in [0.5, 0.6) is 17.2 Å². The van der Waals surface area contributed by atoms with Crippen LogP contribution >= 0.6 is 0 Å². The van der Waals surface area contributed by atoms with Gasteiger partial charge in [-0.15, -0.1) is 0 Å². The Morgan fingerprint density at radius 1 is 0.700 bits per heavy atom. The third-order valence-corrected chi connectivity index (χ3v) is 8.05. The molecule has 40 heavy (non-hydrogen) atoms. The lowest BCUT2D eigenvalue weighted by atomic mass is 10.0. The first-order valence-electron chi connectivity index (χ1n) is 14.2. The molecule has 5 aromatic rings. The summed E-state index contributed by atoms with van der Waals surface area (Å²) in [5.41, 5.74) is 7.92. The number of fused-ring (bicyclic) bond motifs is 1. The summed E-state index contributed by atoms with van der Waals surface area (Å²) >= 11 is 0. The molecule has 0 unspecified atom stereocenters. The Bertz CT molecular complexity index is 1580. The van der Waals surface area contributed by atoms with Crippen molar-refractivity contribution in [3.8, 4) is 39.6 Å². The molecule has 0 radical (unpaired) electrons. The van der Waals surface area contributed by atoms with E-state index in [4.69, 9.17) is 4.74 Å². The molecule has 4 aromatic carbocycles. The quantitative estimate of drug-likeness (QED) is 0.216. The first-order valence-corrected chi connectivity index (χ1v) is 14.2. The molecule has 1 aliphatic heterocycles. The number of nitrogens with zero attached hydrogens (tertiary/aromatic N) is 2. The number of benzene rings is 4. The highest BCUT2D eigenvalue weighted by atomic mass is 16.5. The van der Waals surface area contributed by atoms with Gasteiger partial charge in [-0.2, -0.15) is 0 Å². The molecule has 5 nitrogen and oxygen atoms in total. The summed E-state index contributed by atoms with van der Waals surface area (Å²) in [6.07, 6.45) is 3.95. The van der Waals surface area contributed by atoms with Gasteiger partial charge in [0.2, 0.25) is 0 Å². The van der Waals surface area contributed by atoms with Crippen LogP contribution in [0.15, 0.2) is 91.0 Å². The molecule has 5 heteroatoms. The van der Waals surface area contributed by atoms with Crippen LogP contribution in [-0.2, 0) is 6.54 Å².